The van der Waals surface area contributed by atoms with E-state index >= 15 is 0 Å². The Kier molecular flexibility index (Phi) is 4.71. The second-order valence-corrected chi connectivity index (χ2v) is 6.90. The maximum absolute atomic E-state index is 12.2. The molecular formula is C21H21NO5. The summed E-state index contributed by atoms with van der Waals surface area (Å²) in [6.07, 6.45) is 6.55. The average Bonchev–Trinajstić information content (AvgIpc) is 3.39. The Balaban J connectivity index is 1.34. The molecule has 1 aliphatic rings. The Labute approximate surface area is 156 Å². The average molecular weight is 367 g/mol. The fourth-order valence-electron chi connectivity index (χ4n) is 3.47. The molecule has 0 spiro atoms. The van der Waals surface area contributed by atoms with E-state index in [4.69, 9.17) is 13.6 Å². The number of amides is 1. The lowest BCUT2D eigenvalue weighted by Crippen LogP contribution is -2.30. The van der Waals surface area contributed by atoms with Crippen LogP contribution in [0.25, 0.3) is 11.0 Å². The highest BCUT2D eigenvalue weighted by atomic mass is 16.5. The molecule has 0 saturated heterocycles. The van der Waals surface area contributed by atoms with E-state index in [9.17, 15) is 9.59 Å². The molecule has 140 valence electrons. The first kappa shape index (κ1) is 17.4. The minimum absolute atomic E-state index is 0.0843. The van der Waals surface area contributed by atoms with Crippen LogP contribution in [0.1, 0.15) is 28.9 Å². The molecule has 6 heteroatoms. The van der Waals surface area contributed by atoms with Crippen molar-refractivity contribution in [3.05, 3.63) is 59.2 Å². The van der Waals surface area contributed by atoms with Crippen molar-refractivity contribution in [2.75, 3.05) is 13.7 Å². The molecule has 27 heavy (non-hydrogen) atoms. The highest BCUT2D eigenvalue weighted by Gasteiger charge is 2.18. The first-order valence-corrected chi connectivity index (χ1v) is 9.04. The number of ether oxygens (including phenoxy) is 1. The van der Waals surface area contributed by atoms with Gasteiger partial charge in [0.2, 0.25) is 0 Å². The summed E-state index contributed by atoms with van der Waals surface area (Å²) in [6.45, 7) is 0.0437. The second kappa shape index (κ2) is 7.31. The molecule has 1 aromatic carbocycles. The van der Waals surface area contributed by atoms with Crippen LogP contribution < -0.4 is 0 Å². The number of rotatable bonds is 6. The summed E-state index contributed by atoms with van der Waals surface area (Å²) < 4.78 is 16.0. The molecule has 3 aromatic rings. The van der Waals surface area contributed by atoms with Gasteiger partial charge >= 0.3 is 5.97 Å². The van der Waals surface area contributed by atoms with Crippen molar-refractivity contribution in [2.24, 2.45) is 0 Å². The van der Waals surface area contributed by atoms with Gasteiger partial charge in [-0.25, -0.2) is 0 Å². The van der Waals surface area contributed by atoms with Crippen LogP contribution in [0.5, 0.6) is 0 Å². The molecular weight excluding hydrogens is 346 g/mol. The molecule has 2 heterocycles. The van der Waals surface area contributed by atoms with Gasteiger partial charge in [0.15, 0.2) is 6.61 Å². The summed E-state index contributed by atoms with van der Waals surface area (Å²) in [7, 11) is 1.64. The Morgan fingerprint density at radius 1 is 1.19 bits per heavy atom. The van der Waals surface area contributed by atoms with Crippen molar-refractivity contribution in [1.82, 2.24) is 4.90 Å². The van der Waals surface area contributed by atoms with E-state index in [1.165, 1.54) is 16.0 Å². The number of benzene rings is 1. The minimum Gasteiger partial charge on any atom is -0.467 e. The molecule has 0 unspecified atom stereocenters. The van der Waals surface area contributed by atoms with Crippen LogP contribution in [0.15, 0.2) is 45.6 Å². The molecule has 0 N–H and O–H groups in total. The van der Waals surface area contributed by atoms with Gasteiger partial charge in [0.25, 0.3) is 5.91 Å². The number of likely N-dealkylation sites (N-methyl/N-ethyl adjacent to an activating group) is 1. The molecule has 1 amide bonds. The standard InChI is InChI=1S/C21H21NO5/c1-22(11-17-6-3-7-25-17)20(23)13-27-21(24)10-16-12-26-19-9-15-5-2-4-14(15)8-18(16)19/h3,6-9,12H,2,4-5,10-11,13H2,1H3. The van der Waals surface area contributed by atoms with Gasteiger partial charge in [-0.3, -0.25) is 9.59 Å². The third-order valence-corrected chi connectivity index (χ3v) is 4.96. The summed E-state index contributed by atoms with van der Waals surface area (Å²) in [4.78, 5) is 25.7. The summed E-state index contributed by atoms with van der Waals surface area (Å²) in [6, 6.07) is 7.74. The number of aryl methyl sites for hydroxylation is 2. The number of hydrogen-bond acceptors (Lipinski definition) is 5. The van der Waals surface area contributed by atoms with Crippen molar-refractivity contribution >= 4 is 22.8 Å². The van der Waals surface area contributed by atoms with E-state index in [-0.39, 0.29) is 18.9 Å². The van der Waals surface area contributed by atoms with Crippen molar-refractivity contribution < 1.29 is 23.2 Å². The Morgan fingerprint density at radius 2 is 2.00 bits per heavy atom. The van der Waals surface area contributed by atoms with Crippen LogP contribution in [-0.4, -0.2) is 30.4 Å². The molecule has 6 nitrogen and oxygen atoms in total. The second-order valence-electron chi connectivity index (χ2n) is 6.90. The minimum atomic E-state index is -0.446. The van der Waals surface area contributed by atoms with Gasteiger partial charge in [0.05, 0.1) is 25.5 Å². The van der Waals surface area contributed by atoms with Crippen LogP contribution in [0.3, 0.4) is 0 Å². The van der Waals surface area contributed by atoms with E-state index in [0.29, 0.717) is 12.3 Å². The maximum atomic E-state index is 12.2. The summed E-state index contributed by atoms with van der Waals surface area (Å²) in [5.41, 5.74) is 4.25. The van der Waals surface area contributed by atoms with Gasteiger partial charge in [-0.2, -0.15) is 0 Å². The molecule has 2 aromatic heterocycles. The monoisotopic (exact) mass is 367 g/mol. The van der Waals surface area contributed by atoms with Gasteiger partial charge in [0.1, 0.15) is 11.3 Å². The van der Waals surface area contributed by atoms with Crippen LogP contribution in [0, 0.1) is 0 Å². The van der Waals surface area contributed by atoms with Crippen molar-refractivity contribution in [2.45, 2.75) is 32.2 Å². The van der Waals surface area contributed by atoms with Gasteiger partial charge < -0.3 is 18.5 Å². The molecule has 4 rings (SSSR count). The zero-order valence-corrected chi connectivity index (χ0v) is 15.2. The highest BCUT2D eigenvalue weighted by Crippen LogP contribution is 2.30. The van der Waals surface area contributed by atoms with Crippen LogP contribution in [0.2, 0.25) is 0 Å². The fraction of sp³-hybridized carbons (Fsp3) is 0.333. The fourth-order valence-corrected chi connectivity index (χ4v) is 3.47. The zero-order chi connectivity index (χ0) is 18.8. The van der Waals surface area contributed by atoms with Gasteiger partial charge in [-0.05, 0) is 54.7 Å². The van der Waals surface area contributed by atoms with Gasteiger partial charge in [-0.1, -0.05) is 0 Å². The molecule has 0 radical (unpaired) electrons. The van der Waals surface area contributed by atoms with Crippen molar-refractivity contribution in [3.8, 4) is 0 Å². The van der Waals surface area contributed by atoms with E-state index in [1.54, 1.807) is 31.7 Å². The van der Waals surface area contributed by atoms with E-state index in [0.717, 1.165) is 35.8 Å². The normalized spacial score (nSPS) is 12.9. The number of furan rings is 2. The van der Waals surface area contributed by atoms with Gasteiger partial charge in [-0.15, -0.1) is 0 Å². The third kappa shape index (κ3) is 3.74. The lowest BCUT2D eigenvalue weighted by molar-refractivity contribution is -0.151. The van der Waals surface area contributed by atoms with Crippen LogP contribution in [-0.2, 0) is 40.1 Å². The first-order valence-electron chi connectivity index (χ1n) is 9.04. The van der Waals surface area contributed by atoms with Gasteiger partial charge in [0, 0.05) is 18.0 Å². The van der Waals surface area contributed by atoms with Crippen molar-refractivity contribution in [1.29, 1.82) is 0 Å². The summed E-state index contributed by atoms with van der Waals surface area (Å²) in [5, 5.41) is 0.953. The zero-order valence-electron chi connectivity index (χ0n) is 15.2. The quantitative estimate of drug-likeness (QED) is 0.625. The molecule has 0 saturated carbocycles. The number of carbonyl (C=O) groups excluding carboxylic acids is 2. The van der Waals surface area contributed by atoms with E-state index in [1.807, 2.05) is 0 Å². The molecule has 0 fully saturated rings. The predicted octanol–water partition coefficient (Wildman–Crippen LogP) is 3.26. The highest BCUT2D eigenvalue weighted by molar-refractivity contribution is 5.88. The molecule has 0 atom stereocenters. The molecule has 0 aliphatic heterocycles. The number of fused-ring (bicyclic) bond motifs is 2. The number of hydrogen-bond donors (Lipinski definition) is 0. The van der Waals surface area contributed by atoms with Crippen LogP contribution in [0.4, 0.5) is 0 Å². The Morgan fingerprint density at radius 3 is 2.78 bits per heavy atom. The number of carbonyl (C=O) groups is 2. The van der Waals surface area contributed by atoms with E-state index in [2.05, 4.69) is 12.1 Å². The first-order chi connectivity index (χ1) is 13.1. The smallest absolute Gasteiger partial charge is 0.310 e. The lowest BCUT2D eigenvalue weighted by atomic mass is 10.0. The third-order valence-electron chi connectivity index (χ3n) is 4.96. The molecule has 1 aliphatic carbocycles. The topological polar surface area (TPSA) is 72.9 Å². The van der Waals surface area contributed by atoms with Crippen molar-refractivity contribution in [3.63, 3.8) is 0 Å². The lowest BCUT2D eigenvalue weighted by Gasteiger charge is -2.15. The SMILES string of the molecule is CN(Cc1ccco1)C(=O)COC(=O)Cc1coc2cc3c(cc12)CCC3. The number of esters is 1. The summed E-state index contributed by atoms with van der Waals surface area (Å²) >= 11 is 0. The number of nitrogens with zero attached hydrogens (tertiary/aromatic N) is 1. The largest absolute Gasteiger partial charge is 0.467 e. The predicted molar refractivity (Wildman–Crippen MR) is 98.1 cm³/mol. The maximum Gasteiger partial charge on any atom is 0.310 e. The summed E-state index contributed by atoms with van der Waals surface area (Å²) in [5.74, 6) is -0.0536. The molecule has 0 bridgehead atoms. The Bertz CT molecular complexity index is 970. The van der Waals surface area contributed by atoms with Crippen LogP contribution >= 0.6 is 0 Å². The van der Waals surface area contributed by atoms with E-state index < -0.39 is 5.97 Å². The Hall–Kier alpha value is -3.02.